The zero-order valence-corrected chi connectivity index (χ0v) is 5.23. The summed E-state index contributed by atoms with van der Waals surface area (Å²) in [7, 11) is 0. The molecule has 0 aliphatic heterocycles. The van der Waals surface area contributed by atoms with Crippen molar-refractivity contribution in [2.45, 2.75) is 6.54 Å². The van der Waals surface area contributed by atoms with E-state index in [2.05, 4.69) is 10.1 Å². The summed E-state index contributed by atoms with van der Waals surface area (Å²) in [5, 5.41) is 13.8. The summed E-state index contributed by atoms with van der Waals surface area (Å²) in [4.78, 5) is 3.68. The van der Waals surface area contributed by atoms with Crippen LogP contribution in [0.25, 0.3) is 0 Å². The summed E-state index contributed by atoms with van der Waals surface area (Å²) in [5.41, 5.74) is 5.23. The van der Waals surface area contributed by atoms with Gasteiger partial charge in [0.05, 0.1) is 0 Å². The first-order valence-corrected chi connectivity index (χ1v) is 2.66. The van der Waals surface area contributed by atoms with Crippen molar-refractivity contribution in [3.63, 3.8) is 0 Å². The molecule has 0 aliphatic rings. The van der Waals surface area contributed by atoms with E-state index in [1.165, 1.54) is 17.3 Å². The maximum atomic E-state index is 8.26. The Morgan fingerprint density at radius 3 is 3.10 bits per heavy atom. The lowest BCUT2D eigenvalue weighted by atomic mass is 10.6. The first-order chi connectivity index (χ1) is 4.83. The standard InChI is InChI=1S/C4H7N5O/c5-4(8-10)1-9-3-6-2-7-9/h2-3,10H,1H2,(H2,5,8)/p+1. The lowest BCUT2D eigenvalue weighted by Gasteiger charge is -1.90. The van der Waals surface area contributed by atoms with E-state index in [0.29, 0.717) is 6.54 Å². The van der Waals surface area contributed by atoms with Crippen LogP contribution in [0.3, 0.4) is 0 Å². The molecule has 0 amide bonds. The highest BCUT2D eigenvalue weighted by Crippen LogP contribution is 1.75. The zero-order valence-electron chi connectivity index (χ0n) is 5.23. The number of nitrogens with zero attached hydrogens (tertiary/aromatic N) is 3. The molecule has 1 rings (SSSR count). The number of nitrogens with one attached hydrogen (secondary N) is 1. The molecule has 6 heteroatoms. The van der Waals surface area contributed by atoms with Gasteiger partial charge in [0.1, 0.15) is 19.2 Å². The van der Waals surface area contributed by atoms with Crippen LogP contribution in [0.5, 0.6) is 0 Å². The highest BCUT2D eigenvalue weighted by Gasteiger charge is 1.99. The molecular formula is C4H8N5O+. The average molecular weight is 142 g/mol. The molecule has 0 spiro atoms. The molecule has 0 bridgehead atoms. The summed E-state index contributed by atoms with van der Waals surface area (Å²) in [5.74, 6) is 0.227. The number of rotatable bonds is 2. The first-order valence-electron chi connectivity index (χ1n) is 2.66. The van der Waals surface area contributed by atoms with Gasteiger partial charge in [0.25, 0.3) is 0 Å². The van der Waals surface area contributed by atoms with Crippen molar-refractivity contribution in [3.05, 3.63) is 12.7 Å². The molecule has 0 aliphatic carbocycles. The Kier molecular flexibility index (Phi) is 1.83. The lowest BCUT2D eigenvalue weighted by molar-refractivity contribution is -0.739. The van der Waals surface area contributed by atoms with Gasteiger partial charge in [0.15, 0.2) is 0 Å². The molecule has 54 valence electrons. The van der Waals surface area contributed by atoms with Gasteiger partial charge in [0.2, 0.25) is 0 Å². The molecule has 0 fully saturated rings. The van der Waals surface area contributed by atoms with Crippen molar-refractivity contribution < 1.29 is 10.4 Å². The second-order valence-corrected chi connectivity index (χ2v) is 1.73. The van der Waals surface area contributed by atoms with Crippen LogP contribution >= 0.6 is 0 Å². The summed E-state index contributed by atoms with van der Waals surface area (Å²) in [6, 6.07) is 0. The zero-order chi connectivity index (χ0) is 7.40. The first kappa shape index (κ1) is 6.53. The molecule has 1 aromatic rings. The second-order valence-electron chi connectivity index (χ2n) is 1.73. The Hall–Kier alpha value is -1.59. The fourth-order valence-electron chi connectivity index (χ4n) is 0.524. The van der Waals surface area contributed by atoms with Crippen molar-refractivity contribution in [1.29, 1.82) is 0 Å². The number of nitrogens with two attached hydrogens (primary N) is 1. The van der Waals surface area contributed by atoms with Crippen LogP contribution in [-0.4, -0.2) is 25.8 Å². The number of hydrogen-bond donors (Lipinski definition) is 3. The highest BCUT2D eigenvalue weighted by molar-refractivity contribution is 5.73. The van der Waals surface area contributed by atoms with Crippen molar-refractivity contribution in [3.8, 4) is 0 Å². The van der Waals surface area contributed by atoms with Gasteiger partial charge in [-0.05, 0) is 0 Å². The van der Waals surface area contributed by atoms with E-state index in [4.69, 9.17) is 10.9 Å². The van der Waals surface area contributed by atoms with E-state index < -0.39 is 0 Å². The van der Waals surface area contributed by atoms with E-state index in [9.17, 15) is 0 Å². The van der Waals surface area contributed by atoms with Crippen molar-refractivity contribution in [2.24, 2.45) is 5.73 Å². The highest BCUT2D eigenvalue weighted by atomic mass is 16.4. The predicted octanol–water partition coefficient (Wildman–Crippen LogP) is -2.89. The van der Waals surface area contributed by atoms with Crippen LogP contribution in [-0.2, 0) is 6.54 Å². The topological polar surface area (TPSA) is 90.9 Å². The molecule has 6 nitrogen and oxygen atoms in total. The van der Waals surface area contributed by atoms with E-state index in [-0.39, 0.29) is 5.84 Å². The molecule has 1 aromatic heterocycles. The molecule has 0 saturated carbocycles. The molecule has 1 heterocycles. The van der Waals surface area contributed by atoms with Crippen LogP contribution in [0.15, 0.2) is 12.7 Å². The summed E-state index contributed by atoms with van der Waals surface area (Å²) in [6.45, 7) is 0.316. The van der Waals surface area contributed by atoms with E-state index >= 15 is 0 Å². The van der Waals surface area contributed by atoms with E-state index in [1.54, 1.807) is 0 Å². The van der Waals surface area contributed by atoms with Crippen LogP contribution in [0.2, 0.25) is 0 Å². The Bertz CT molecular complexity index is 216. The molecule has 0 unspecified atom stereocenters. The van der Waals surface area contributed by atoms with Crippen LogP contribution in [0.1, 0.15) is 0 Å². The SMILES string of the molecule is NC(Cn1cncn1)=[NH+]O. The van der Waals surface area contributed by atoms with Crippen LogP contribution in [0, 0.1) is 0 Å². The Balaban J connectivity index is 2.56. The molecule has 0 aromatic carbocycles. The van der Waals surface area contributed by atoms with Crippen molar-refractivity contribution in [1.82, 2.24) is 14.8 Å². The van der Waals surface area contributed by atoms with Gasteiger partial charge in [-0.25, -0.2) is 9.67 Å². The molecule has 0 atom stereocenters. The second kappa shape index (κ2) is 2.81. The maximum Gasteiger partial charge on any atom is 0.300 e. The van der Waals surface area contributed by atoms with E-state index in [1.807, 2.05) is 5.16 Å². The number of hydrogen-bond acceptors (Lipinski definition) is 3. The van der Waals surface area contributed by atoms with Crippen LogP contribution in [0.4, 0.5) is 0 Å². The average Bonchev–Trinajstić information content (AvgIpc) is 2.40. The predicted molar refractivity (Wildman–Crippen MR) is 32.0 cm³/mol. The van der Waals surface area contributed by atoms with Crippen molar-refractivity contribution >= 4 is 5.84 Å². The van der Waals surface area contributed by atoms with Gasteiger partial charge in [-0.15, -0.1) is 0 Å². The third-order valence-corrected chi connectivity index (χ3v) is 0.943. The third-order valence-electron chi connectivity index (χ3n) is 0.943. The number of aromatic nitrogens is 3. The summed E-state index contributed by atoms with van der Waals surface area (Å²) < 4.78 is 1.48. The third kappa shape index (κ3) is 1.44. The Morgan fingerprint density at radius 1 is 1.80 bits per heavy atom. The minimum absolute atomic E-state index is 0.227. The van der Waals surface area contributed by atoms with Gasteiger partial charge in [-0.2, -0.15) is 5.10 Å². The molecule has 0 radical (unpaired) electrons. The smallest absolute Gasteiger partial charge is 0.300 e. The minimum atomic E-state index is 0.227. The van der Waals surface area contributed by atoms with Gasteiger partial charge in [0, 0.05) is 0 Å². The van der Waals surface area contributed by atoms with Crippen LogP contribution < -0.4 is 10.9 Å². The summed E-state index contributed by atoms with van der Waals surface area (Å²) >= 11 is 0. The minimum Gasteiger partial charge on any atom is -0.357 e. The van der Waals surface area contributed by atoms with E-state index in [0.717, 1.165) is 0 Å². The van der Waals surface area contributed by atoms with Gasteiger partial charge >= 0.3 is 5.84 Å². The fraction of sp³-hybridized carbons (Fsp3) is 0.250. The molecule has 4 N–H and O–H groups in total. The number of amidine groups is 1. The maximum absolute atomic E-state index is 8.26. The summed E-state index contributed by atoms with van der Waals surface area (Å²) in [6.07, 6.45) is 2.90. The Labute approximate surface area is 57.0 Å². The van der Waals surface area contributed by atoms with Gasteiger partial charge in [-0.1, -0.05) is 5.16 Å². The molecular weight excluding hydrogens is 134 g/mol. The largest absolute Gasteiger partial charge is 0.357 e. The quantitative estimate of drug-likeness (QED) is 0.179. The normalized spacial score (nSPS) is 11.8. The van der Waals surface area contributed by atoms with Gasteiger partial charge in [-0.3, -0.25) is 5.73 Å². The molecule has 0 saturated heterocycles. The monoisotopic (exact) mass is 142 g/mol. The lowest BCUT2D eigenvalue weighted by Crippen LogP contribution is -2.72. The fourth-order valence-corrected chi connectivity index (χ4v) is 0.524. The van der Waals surface area contributed by atoms with Crippen molar-refractivity contribution in [2.75, 3.05) is 0 Å². The van der Waals surface area contributed by atoms with Gasteiger partial charge < -0.3 is 5.21 Å². The molecule has 10 heavy (non-hydrogen) atoms. The Morgan fingerprint density at radius 2 is 2.60 bits per heavy atom.